The van der Waals surface area contributed by atoms with Crippen LogP contribution in [0.4, 0.5) is 4.79 Å². The van der Waals surface area contributed by atoms with Gasteiger partial charge in [-0.15, -0.1) is 0 Å². The van der Waals surface area contributed by atoms with Crippen LogP contribution in [-0.4, -0.2) is 55.7 Å². The van der Waals surface area contributed by atoms with Gasteiger partial charge in [0.25, 0.3) is 0 Å². The third-order valence-corrected chi connectivity index (χ3v) is 6.17. The molecule has 1 aliphatic heterocycles. The monoisotopic (exact) mass is 427 g/mol. The molecule has 2 rings (SSSR count). The number of rotatable bonds is 3. The summed E-state index contributed by atoms with van der Waals surface area (Å²) >= 11 is 0.179. The van der Waals surface area contributed by atoms with E-state index in [0.717, 1.165) is 0 Å². The average Bonchev–Trinajstić information content (AvgIpc) is 2.89. The van der Waals surface area contributed by atoms with E-state index < -0.39 is 23.3 Å². The number of benzene rings is 1. The van der Waals surface area contributed by atoms with Crippen molar-refractivity contribution in [3.05, 3.63) is 30.3 Å². The standard InChI is InChI=1S/C20H29NO4Se/c1-19(2,3)24-17(22)16-12-15(26-14-10-8-7-9-11-14)13-21(16)18(23)25-20(4,5)6/h7-11,15-16H,12-13H2,1-6H3/t15-,16-/m0/s1. The Hall–Kier alpha value is -1.52. The first kappa shape index (κ1) is 20.8. The molecule has 1 fully saturated rings. The third kappa shape index (κ3) is 6.33. The van der Waals surface area contributed by atoms with Crippen LogP contribution in [0.5, 0.6) is 0 Å². The SMILES string of the molecule is CC(C)(C)OC(=O)[C@@H]1C[C@H]([Se]c2ccccc2)CN1C(=O)OC(C)(C)C. The maximum absolute atomic E-state index is 12.7. The van der Waals surface area contributed by atoms with Crippen molar-refractivity contribution in [3.8, 4) is 0 Å². The van der Waals surface area contributed by atoms with Crippen molar-refractivity contribution in [1.29, 1.82) is 0 Å². The molecular formula is C20H29NO4Se. The molecule has 6 heteroatoms. The molecule has 1 heterocycles. The Balaban J connectivity index is 2.14. The van der Waals surface area contributed by atoms with E-state index in [1.165, 1.54) is 4.46 Å². The molecule has 26 heavy (non-hydrogen) atoms. The van der Waals surface area contributed by atoms with Gasteiger partial charge in [0.15, 0.2) is 0 Å². The fourth-order valence-corrected chi connectivity index (χ4v) is 5.23. The second-order valence-electron chi connectivity index (χ2n) is 8.47. The summed E-state index contributed by atoms with van der Waals surface area (Å²) in [4.78, 5) is 27.1. The van der Waals surface area contributed by atoms with Crippen LogP contribution < -0.4 is 4.46 Å². The minimum atomic E-state index is -0.599. The number of ether oxygens (including phenoxy) is 2. The van der Waals surface area contributed by atoms with Gasteiger partial charge in [-0.1, -0.05) is 0 Å². The van der Waals surface area contributed by atoms with Crippen LogP contribution in [0.2, 0.25) is 4.82 Å². The van der Waals surface area contributed by atoms with Gasteiger partial charge in [0, 0.05) is 0 Å². The van der Waals surface area contributed by atoms with E-state index in [1.807, 2.05) is 59.7 Å². The van der Waals surface area contributed by atoms with E-state index in [0.29, 0.717) is 13.0 Å². The Morgan fingerprint density at radius 2 is 1.58 bits per heavy atom. The molecule has 0 unspecified atom stereocenters. The van der Waals surface area contributed by atoms with Crippen LogP contribution in [0, 0.1) is 0 Å². The second kappa shape index (κ2) is 8.01. The number of nitrogens with zero attached hydrogens (tertiary/aromatic N) is 1. The summed E-state index contributed by atoms with van der Waals surface area (Å²) in [5.41, 5.74) is -1.18. The predicted octanol–water partition coefficient (Wildman–Crippen LogP) is 3.16. The van der Waals surface area contributed by atoms with Crippen LogP contribution >= 0.6 is 0 Å². The zero-order valence-corrected chi connectivity index (χ0v) is 18.2. The Kier molecular flexibility index (Phi) is 6.41. The molecule has 1 aromatic carbocycles. The molecule has 0 bridgehead atoms. The van der Waals surface area contributed by atoms with Gasteiger partial charge in [-0.3, -0.25) is 0 Å². The summed E-state index contributed by atoms with van der Waals surface area (Å²) in [6, 6.07) is 9.63. The van der Waals surface area contributed by atoms with Crippen LogP contribution in [-0.2, 0) is 14.3 Å². The molecule has 0 N–H and O–H groups in total. The van der Waals surface area contributed by atoms with Gasteiger partial charge in [0.1, 0.15) is 0 Å². The topological polar surface area (TPSA) is 55.8 Å². The molecule has 1 amide bonds. The van der Waals surface area contributed by atoms with Gasteiger partial charge in [-0.05, 0) is 0 Å². The molecule has 0 aliphatic carbocycles. The summed E-state index contributed by atoms with van der Waals surface area (Å²) < 4.78 is 12.3. The van der Waals surface area contributed by atoms with E-state index in [4.69, 9.17) is 9.47 Å². The molecule has 0 aromatic heterocycles. The van der Waals surface area contributed by atoms with Gasteiger partial charge >= 0.3 is 162 Å². The van der Waals surface area contributed by atoms with Crippen LogP contribution in [0.15, 0.2) is 30.3 Å². The van der Waals surface area contributed by atoms with Gasteiger partial charge < -0.3 is 0 Å². The number of likely N-dealkylation sites (tertiary alicyclic amines) is 1. The summed E-state index contributed by atoms with van der Waals surface area (Å²) in [5.74, 6) is -0.352. The molecule has 0 radical (unpaired) electrons. The minimum absolute atomic E-state index is 0.179. The Morgan fingerprint density at radius 3 is 2.12 bits per heavy atom. The Labute approximate surface area is 162 Å². The molecule has 2 atom stereocenters. The van der Waals surface area contributed by atoms with Gasteiger partial charge in [-0.2, -0.15) is 0 Å². The first-order valence-electron chi connectivity index (χ1n) is 8.89. The van der Waals surface area contributed by atoms with Crippen molar-refractivity contribution < 1.29 is 19.1 Å². The number of carbonyl (C=O) groups is 2. The molecular weight excluding hydrogens is 397 g/mol. The predicted molar refractivity (Wildman–Crippen MR) is 103 cm³/mol. The fraction of sp³-hybridized carbons (Fsp3) is 0.600. The second-order valence-corrected chi connectivity index (χ2v) is 11.4. The van der Waals surface area contributed by atoms with E-state index in [2.05, 4.69) is 12.1 Å². The van der Waals surface area contributed by atoms with Crippen molar-refractivity contribution in [2.24, 2.45) is 0 Å². The van der Waals surface area contributed by atoms with Crippen molar-refractivity contribution in [3.63, 3.8) is 0 Å². The van der Waals surface area contributed by atoms with E-state index in [1.54, 1.807) is 4.90 Å². The third-order valence-electron chi connectivity index (χ3n) is 3.62. The normalized spacial score (nSPS) is 20.8. The summed E-state index contributed by atoms with van der Waals surface area (Å²) in [6.45, 7) is 11.5. The molecule has 5 nitrogen and oxygen atoms in total. The Bertz CT molecular complexity index is 597. The van der Waals surface area contributed by atoms with Crippen LogP contribution in [0.3, 0.4) is 0 Å². The molecule has 0 saturated carbocycles. The molecule has 1 aromatic rings. The molecule has 1 saturated heterocycles. The van der Waals surface area contributed by atoms with Gasteiger partial charge in [0.2, 0.25) is 0 Å². The first-order chi connectivity index (χ1) is 11.9. The summed E-state index contributed by atoms with van der Waals surface area (Å²) in [6.07, 6.45) is 0.169. The fourth-order valence-electron chi connectivity index (χ4n) is 2.69. The van der Waals surface area contributed by atoms with Crippen LogP contribution in [0.25, 0.3) is 0 Å². The molecule has 144 valence electrons. The number of amides is 1. The van der Waals surface area contributed by atoms with E-state index in [9.17, 15) is 9.59 Å². The zero-order valence-electron chi connectivity index (χ0n) is 16.4. The number of hydrogen-bond acceptors (Lipinski definition) is 4. The maximum atomic E-state index is 12.7. The van der Waals surface area contributed by atoms with Crippen molar-refractivity contribution in [1.82, 2.24) is 4.90 Å². The quantitative estimate of drug-likeness (QED) is 0.551. The average molecular weight is 426 g/mol. The number of esters is 1. The number of hydrogen-bond donors (Lipinski definition) is 0. The van der Waals surface area contributed by atoms with E-state index >= 15 is 0 Å². The Morgan fingerprint density at radius 1 is 1.00 bits per heavy atom. The molecule has 0 spiro atoms. The molecule has 1 aliphatic rings. The number of carbonyl (C=O) groups excluding carboxylic acids is 2. The zero-order chi connectivity index (χ0) is 19.5. The van der Waals surface area contributed by atoms with Crippen molar-refractivity contribution >= 4 is 31.5 Å². The van der Waals surface area contributed by atoms with Crippen molar-refractivity contribution in [2.75, 3.05) is 6.54 Å². The van der Waals surface area contributed by atoms with Crippen LogP contribution in [0.1, 0.15) is 48.0 Å². The van der Waals surface area contributed by atoms with Gasteiger partial charge in [-0.25, -0.2) is 0 Å². The van der Waals surface area contributed by atoms with Gasteiger partial charge in [0.05, 0.1) is 0 Å². The summed E-state index contributed by atoms with van der Waals surface area (Å²) in [7, 11) is 0. The van der Waals surface area contributed by atoms with E-state index in [-0.39, 0.29) is 25.7 Å². The summed E-state index contributed by atoms with van der Waals surface area (Å²) in [5, 5.41) is 0. The first-order valence-corrected chi connectivity index (χ1v) is 10.7. The van der Waals surface area contributed by atoms with Crippen molar-refractivity contribution in [2.45, 2.75) is 70.0 Å².